The molecule has 1 heterocycles. The predicted octanol–water partition coefficient (Wildman–Crippen LogP) is -0.0217. The Morgan fingerprint density at radius 2 is 1.95 bits per heavy atom. The molecule has 1 aromatic carbocycles. The van der Waals surface area contributed by atoms with E-state index >= 15 is 0 Å². The summed E-state index contributed by atoms with van der Waals surface area (Å²) in [6.45, 7) is 0.746. The van der Waals surface area contributed by atoms with Crippen LogP contribution < -0.4 is 11.1 Å². The van der Waals surface area contributed by atoms with Gasteiger partial charge in [0.05, 0.1) is 17.5 Å². The van der Waals surface area contributed by atoms with E-state index in [1.54, 1.807) is 4.90 Å². The van der Waals surface area contributed by atoms with E-state index in [1.165, 1.54) is 24.3 Å². The molecule has 2 rings (SSSR count). The number of nitrogens with one attached hydrogen (secondary N) is 1. The fraction of sp³-hybridized carbons (Fsp3) is 0.429. The van der Waals surface area contributed by atoms with Gasteiger partial charge < -0.3 is 11.1 Å². The van der Waals surface area contributed by atoms with Gasteiger partial charge >= 0.3 is 0 Å². The number of sulfone groups is 1. The first-order valence-electron chi connectivity index (χ1n) is 6.91. The molecule has 1 aliphatic rings. The molecule has 1 aromatic rings. The Balaban J connectivity index is 1.96. The zero-order chi connectivity index (χ0) is 16.3. The second kappa shape index (κ2) is 6.45. The molecule has 0 aliphatic carbocycles. The van der Waals surface area contributed by atoms with Crippen LogP contribution in [0.25, 0.3) is 0 Å². The largest absolute Gasteiger partial charge is 0.368 e. The molecule has 0 unspecified atom stereocenters. The Bertz CT molecular complexity index is 670. The number of nitrogens with zero attached hydrogens (tertiary/aromatic N) is 1. The first kappa shape index (κ1) is 16.4. The number of benzene rings is 1. The van der Waals surface area contributed by atoms with E-state index in [4.69, 9.17) is 5.73 Å². The van der Waals surface area contributed by atoms with E-state index in [0.29, 0.717) is 18.7 Å². The molecular weight excluding hydrogens is 306 g/mol. The Hall–Kier alpha value is -1.93. The second-order valence-corrected chi connectivity index (χ2v) is 7.39. The van der Waals surface area contributed by atoms with Gasteiger partial charge in [-0.3, -0.25) is 14.5 Å². The molecule has 1 aliphatic heterocycles. The van der Waals surface area contributed by atoms with Crippen LogP contribution in [0.2, 0.25) is 0 Å². The Morgan fingerprint density at radius 1 is 1.32 bits per heavy atom. The molecule has 1 saturated heterocycles. The first-order chi connectivity index (χ1) is 10.3. The molecule has 1 fully saturated rings. The number of hydrogen-bond acceptors (Lipinski definition) is 5. The van der Waals surface area contributed by atoms with Crippen molar-refractivity contribution in [1.29, 1.82) is 0 Å². The van der Waals surface area contributed by atoms with Crippen molar-refractivity contribution in [2.75, 3.05) is 24.7 Å². The van der Waals surface area contributed by atoms with Crippen LogP contribution in [0.4, 0.5) is 5.69 Å². The van der Waals surface area contributed by atoms with Crippen molar-refractivity contribution in [2.45, 2.75) is 23.8 Å². The van der Waals surface area contributed by atoms with Gasteiger partial charge in [0, 0.05) is 11.9 Å². The Labute approximate surface area is 129 Å². The molecular formula is C14H19N3O4S. The highest BCUT2D eigenvalue weighted by Gasteiger charge is 2.30. The van der Waals surface area contributed by atoms with Crippen LogP contribution in [0.3, 0.4) is 0 Å². The summed E-state index contributed by atoms with van der Waals surface area (Å²) in [6.07, 6.45) is 2.63. The van der Waals surface area contributed by atoms with Crippen LogP contribution >= 0.6 is 0 Å². The standard InChI is InChI=1S/C14H19N3O4S/c1-22(20,21)11-6-4-10(5-7-11)16-13(18)9-17-8-2-3-12(17)14(15)19/h4-7,12H,2-3,8-9H2,1H3,(H2,15,19)(H,16,18)/t12-/m0/s1. The number of rotatable bonds is 5. The molecule has 22 heavy (non-hydrogen) atoms. The van der Waals surface area contributed by atoms with Gasteiger partial charge in [-0.05, 0) is 43.7 Å². The second-order valence-electron chi connectivity index (χ2n) is 5.38. The molecule has 0 radical (unpaired) electrons. The number of likely N-dealkylation sites (tertiary alicyclic amines) is 1. The third-order valence-electron chi connectivity index (χ3n) is 3.61. The third-order valence-corrected chi connectivity index (χ3v) is 4.73. The molecule has 1 atom stereocenters. The van der Waals surface area contributed by atoms with Crippen molar-refractivity contribution in [3.05, 3.63) is 24.3 Å². The van der Waals surface area contributed by atoms with Gasteiger partial charge in [-0.25, -0.2) is 8.42 Å². The van der Waals surface area contributed by atoms with Crippen molar-refractivity contribution >= 4 is 27.3 Å². The monoisotopic (exact) mass is 325 g/mol. The normalized spacial score (nSPS) is 19.0. The van der Waals surface area contributed by atoms with Gasteiger partial charge in [-0.2, -0.15) is 0 Å². The summed E-state index contributed by atoms with van der Waals surface area (Å²) in [5.41, 5.74) is 5.81. The van der Waals surface area contributed by atoms with E-state index in [2.05, 4.69) is 5.32 Å². The van der Waals surface area contributed by atoms with Crippen LogP contribution in [0.5, 0.6) is 0 Å². The zero-order valence-electron chi connectivity index (χ0n) is 12.3. The predicted molar refractivity (Wildman–Crippen MR) is 82.0 cm³/mol. The Morgan fingerprint density at radius 3 is 2.50 bits per heavy atom. The van der Waals surface area contributed by atoms with Gasteiger partial charge in [0.25, 0.3) is 0 Å². The minimum Gasteiger partial charge on any atom is -0.368 e. The maximum atomic E-state index is 12.0. The van der Waals surface area contributed by atoms with Gasteiger partial charge in [0.2, 0.25) is 11.8 Å². The lowest BCUT2D eigenvalue weighted by atomic mass is 10.2. The number of nitrogens with two attached hydrogens (primary N) is 1. The highest BCUT2D eigenvalue weighted by atomic mass is 32.2. The summed E-state index contributed by atoms with van der Waals surface area (Å²) in [7, 11) is -3.26. The molecule has 7 nitrogen and oxygen atoms in total. The van der Waals surface area contributed by atoms with Crippen molar-refractivity contribution < 1.29 is 18.0 Å². The van der Waals surface area contributed by atoms with Crippen molar-refractivity contribution in [3.63, 3.8) is 0 Å². The van der Waals surface area contributed by atoms with E-state index in [0.717, 1.165) is 12.7 Å². The highest BCUT2D eigenvalue weighted by Crippen LogP contribution is 2.17. The number of primary amides is 1. The lowest BCUT2D eigenvalue weighted by Gasteiger charge is -2.21. The van der Waals surface area contributed by atoms with Crippen molar-refractivity contribution in [3.8, 4) is 0 Å². The summed E-state index contributed by atoms with van der Waals surface area (Å²) in [4.78, 5) is 25.2. The topological polar surface area (TPSA) is 110 Å². The molecule has 120 valence electrons. The molecule has 2 amide bonds. The van der Waals surface area contributed by atoms with E-state index in [1.807, 2.05) is 0 Å². The number of amides is 2. The molecule has 0 bridgehead atoms. The number of hydrogen-bond donors (Lipinski definition) is 2. The number of anilines is 1. The maximum Gasteiger partial charge on any atom is 0.238 e. The van der Waals surface area contributed by atoms with Gasteiger partial charge in [-0.1, -0.05) is 0 Å². The van der Waals surface area contributed by atoms with Crippen molar-refractivity contribution in [1.82, 2.24) is 4.90 Å². The molecule has 3 N–H and O–H groups in total. The zero-order valence-corrected chi connectivity index (χ0v) is 13.1. The summed E-state index contributed by atoms with van der Waals surface area (Å²) < 4.78 is 22.7. The fourth-order valence-corrected chi connectivity index (χ4v) is 3.14. The number of carbonyl (C=O) groups is 2. The molecule has 8 heteroatoms. The lowest BCUT2D eigenvalue weighted by Crippen LogP contribution is -2.43. The Kier molecular flexibility index (Phi) is 4.82. The van der Waals surface area contributed by atoms with Gasteiger partial charge in [0.15, 0.2) is 9.84 Å². The first-order valence-corrected chi connectivity index (χ1v) is 8.80. The summed E-state index contributed by atoms with van der Waals surface area (Å²) >= 11 is 0. The quantitative estimate of drug-likeness (QED) is 0.790. The molecule has 0 aromatic heterocycles. The van der Waals surface area contributed by atoms with Crippen LogP contribution in [-0.2, 0) is 19.4 Å². The minimum atomic E-state index is -3.26. The smallest absolute Gasteiger partial charge is 0.238 e. The van der Waals surface area contributed by atoms with Crippen LogP contribution in [0, 0.1) is 0 Å². The summed E-state index contributed by atoms with van der Waals surface area (Å²) in [5.74, 6) is -0.678. The third kappa shape index (κ3) is 4.05. The maximum absolute atomic E-state index is 12.0. The molecule has 0 spiro atoms. The minimum absolute atomic E-state index is 0.0848. The molecule has 0 saturated carbocycles. The average molecular weight is 325 g/mol. The number of carbonyl (C=O) groups excluding carboxylic acids is 2. The van der Waals surface area contributed by atoms with E-state index in [9.17, 15) is 18.0 Å². The van der Waals surface area contributed by atoms with E-state index < -0.39 is 21.8 Å². The summed E-state index contributed by atoms with van der Waals surface area (Å²) in [5, 5.41) is 2.68. The average Bonchev–Trinajstić information content (AvgIpc) is 2.86. The van der Waals surface area contributed by atoms with Crippen LogP contribution in [-0.4, -0.2) is 50.5 Å². The SMILES string of the molecule is CS(=O)(=O)c1ccc(NC(=O)CN2CCC[C@H]2C(N)=O)cc1. The summed E-state index contributed by atoms with van der Waals surface area (Å²) in [6, 6.07) is 5.55. The van der Waals surface area contributed by atoms with Crippen LogP contribution in [0.15, 0.2) is 29.2 Å². The van der Waals surface area contributed by atoms with E-state index in [-0.39, 0.29) is 17.3 Å². The fourth-order valence-electron chi connectivity index (χ4n) is 2.51. The van der Waals surface area contributed by atoms with Gasteiger partial charge in [-0.15, -0.1) is 0 Å². The van der Waals surface area contributed by atoms with Gasteiger partial charge in [0.1, 0.15) is 0 Å². The van der Waals surface area contributed by atoms with Crippen molar-refractivity contribution in [2.24, 2.45) is 5.73 Å². The van der Waals surface area contributed by atoms with Crippen LogP contribution in [0.1, 0.15) is 12.8 Å². The lowest BCUT2D eigenvalue weighted by molar-refractivity contribution is -0.123. The highest BCUT2D eigenvalue weighted by molar-refractivity contribution is 7.90.